The zero-order valence-electron chi connectivity index (χ0n) is 22.5. The van der Waals surface area contributed by atoms with Crippen LogP contribution in [0.3, 0.4) is 0 Å². The Bertz CT molecular complexity index is 1410. The number of benzene rings is 2. The van der Waals surface area contributed by atoms with Crippen molar-refractivity contribution >= 4 is 11.9 Å². The Balaban J connectivity index is 1.43. The van der Waals surface area contributed by atoms with Gasteiger partial charge in [0.15, 0.2) is 22.7 Å². The Labute approximate surface area is 229 Å². The molecule has 4 saturated carbocycles. The Morgan fingerprint density at radius 3 is 2.18 bits per heavy atom. The Hall–Kier alpha value is -3.77. The van der Waals surface area contributed by atoms with Crippen LogP contribution in [0.2, 0.25) is 0 Å². The van der Waals surface area contributed by atoms with Gasteiger partial charge in [0.05, 0.1) is 38.4 Å². The van der Waals surface area contributed by atoms with Crippen molar-refractivity contribution in [1.82, 2.24) is 4.90 Å². The fourth-order valence-electron chi connectivity index (χ4n) is 9.44. The lowest BCUT2D eigenvalue weighted by Crippen LogP contribution is -2.55. The van der Waals surface area contributed by atoms with E-state index in [0.29, 0.717) is 29.3 Å². The summed E-state index contributed by atoms with van der Waals surface area (Å²) in [6.45, 7) is 0. The van der Waals surface area contributed by atoms with Crippen LogP contribution in [0.1, 0.15) is 67.2 Å². The molecule has 3 atom stereocenters. The quantitative estimate of drug-likeness (QED) is 0.480. The topological polar surface area (TPSA) is 86.4 Å². The molecule has 8 rings (SSSR count). The number of ether oxygens (including phenoxy) is 2. The first-order valence-electron chi connectivity index (χ1n) is 14.1. The largest absolute Gasteiger partial charge is 0.493 e. The Kier molecular flexibility index (Phi) is 5.37. The maximum absolute atomic E-state index is 15.1. The molecule has 39 heavy (non-hydrogen) atoms. The number of rotatable bonds is 5. The second-order valence-corrected chi connectivity index (χ2v) is 12.5. The third-order valence-electron chi connectivity index (χ3n) is 10.5. The first-order valence-corrected chi connectivity index (χ1v) is 14.1. The van der Waals surface area contributed by atoms with Crippen LogP contribution in [-0.2, 0) is 4.79 Å². The number of fused-ring (bicyclic) bond motifs is 3. The predicted molar refractivity (Wildman–Crippen MR) is 145 cm³/mol. The Morgan fingerprint density at radius 1 is 0.923 bits per heavy atom. The predicted octanol–water partition coefficient (Wildman–Crippen LogP) is 6.02. The molecule has 6 nitrogen and oxygen atoms in total. The Morgan fingerprint density at radius 2 is 1.56 bits per heavy atom. The summed E-state index contributed by atoms with van der Waals surface area (Å²) < 4.78 is 11.1. The summed E-state index contributed by atoms with van der Waals surface area (Å²) in [5.41, 5.74) is 0.837. The summed E-state index contributed by atoms with van der Waals surface area (Å²) in [4.78, 5) is 17.2. The molecule has 0 aromatic heterocycles. The van der Waals surface area contributed by atoms with Crippen LogP contribution >= 0.6 is 0 Å². The average Bonchev–Trinajstić information content (AvgIpc) is 3.26. The molecule has 198 valence electrons. The molecule has 0 amide bonds. The normalized spacial score (nSPS) is 34.5. The molecule has 6 aliphatic rings. The van der Waals surface area contributed by atoms with Crippen molar-refractivity contribution in [3.63, 3.8) is 0 Å². The second-order valence-electron chi connectivity index (χ2n) is 12.5. The highest BCUT2D eigenvalue weighted by molar-refractivity contribution is 5.93. The SMILES string of the molecule is COc1ccc([C@@H]2[C@@H](C(=O)C34CC5CC(CC(C5)C3)C4)N3C=Cc4ccccc4[C@H]3C2(C#N)C#N)cc1OC. The number of Topliss-reactive ketones (excluding diaryl/α,β-unsaturated/α-hetero) is 1. The lowest BCUT2D eigenvalue weighted by molar-refractivity contribution is -0.148. The van der Waals surface area contributed by atoms with Crippen LogP contribution in [0.5, 0.6) is 11.5 Å². The summed E-state index contributed by atoms with van der Waals surface area (Å²) in [5, 5.41) is 21.8. The standard InChI is InChI=1S/C33H33N3O3/c1-38-26-8-7-24(14-27(26)39-2)28-29(31(37)32-15-20-11-21(16-32)13-22(12-20)17-32)36-10-9-23-5-3-4-6-25(23)30(36)33(28,18-34)19-35/h3-10,14,20-22,28-30H,11-13,15-17H2,1-2H3/t20?,21?,22?,28-,29+,30+,32?/m1/s1. The van der Waals surface area contributed by atoms with Gasteiger partial charge in [-0.25, -0.2) is 0 Å². The molecule has 2 aromatic carbocycles. The van der Waals surface area contributed by atoms with Crippen LogP contribution < -0.4 is 9.47 Å². The molecule has 4 bridgehead atoms. The van der Waals surface area contributed by atoms with E-state index in [9.17, 15) is 10.5 Å². The van der Waals surface area contributed by atoms with Crippen LogP contribution in [-0.4, -0.2) is 30.9 Å². The molecular formula is C33H33N3O3. The maximum atomic E-state index is 15.1. The number of nitriles is 2. The first kappa shape index (κ1) is 24.3. The van der Waals surface area contributed by atoms with Gasteiger partial charge in [0, 0.05) is 17.5 Å². The molecule has 2 aromatic rings. The van der Waals surface area contributed by atoms with Gasteiger partial charge in [-0.05, 0) is 91.2 Å². The van der Waals surface area contributed by atoms with Gasteiger partial charge in [-0.2, -0.15) is 10.5 Å². The number of methoxy groups -OCH3 is 2. The van der Waals surface area contributed by atoms with E-state index in [1.807, 2.05) is 54.7 Å². The summed E-state index contributed by atoms with van der Waals surface area (Å²) in [5.74, 6) is 2.53. The minimum absolute atomic E-state index is 0.225. The fraction of sp³-hybridized carbons (Fsp3) is 0.485. The van der Waals surface area contributed by atoms with Gasteiger partial charge in [-0.1, -0.05) is 30.3 Å². The molecule has 0 radical (unpaired) electrons. The van der Waals surface area contributed by atoms with Gasteiger partial charge in [-0.15, -0.1) is 0 Å². The number of hydrogen-bond acceptors (Lipinski definition) is 6. The number of ketones is 1. The van der Waals surface area contributed by atoms with Crippen LogP contribution in [0.15, 0.2) is 48.7 Å². The lowest BCUT2D eigenvalue weighted by Gasteiger charge is -2.57. The van der Waals surface area contributed by atoms with E-state index in [4.69, 9.17) is 9.47 Å². The smallest absolute Gasteiger partial charge is 0.177 e. The number of hydrogen-bond donors (Lipinski definition) is 0. The minimum Gasteiger partial charge on any atom is -0.493 e. The highest BCUT2D eigenvalue weighted by Crippen LogP contribution is 2.65. The van der Waals surface area contributed by atoms with Crippen molar-refractivity contribution in [1.29, 1.82) is 10.5 Å². The van der Waals surface area contributed by atoms with Crippen LogP contribution in [0.4, 0.5) is 0 Å². The molecule has 0 N–H and O–H groups in total. The van der Waals surface area contributed by atoms with Gasteiger partial charge in [0.1, 0.15) is 0 Å². The molecule has 6 heteroatoms. The number of carbonyl (C=O) groups is 1. The molecular weight excluding hydrogens is 486 g/mol. The monoisotopic (exact) mass is 519 g/mol. The lowest BCUT2D eigenvalue weighted by atomic mass is 9.47. The molecule has 2 aliphatic heterocycles. The summed E-state index contributed by atoms with van der Waals surface area (Å²) >= 11 is 0. The highest BCUT2D eigenvalue weighted by Gasteiger charge is 2.67. The summed E-state index contributed by atoms with van der Waals surface area (Å²) in [7, 11) is 3.17. The molecule has 0 unspecified atom stereocenters. The molecule has 2 heterocycles. The van der Waals surface area contributed by atoms with E-state index in [1.165, 1.54) is 19.3 Å². The van der Waals surface area contributed by atoms with Crippen molar-refractivity contribution in [2.75, 3.05) is 14.2 Å². The number of carbonyl (C=O) groups excluding carboxylic acids is 1. The van der Waals surface area contributed by atoms with E-state index >= 15 is 4.79 Å². The van der Waals surface area contributed by atoms with E-state index in [0.717, 1.165) is 36.0 Å². The van der Waals surface area contributed by atoms with Gasteiger partial charge < -0.3 is 14.4 Å². The van der Waals surface area contributed by atoms with Crippen LogP contribution in [0, 0.1) is 51.2 Å². The zero-order valence-corrected chi connectivity index (χ0v) is 22.5. The maximum Gasteiger partial charge on any atom is 0.177 e. The highest BCUT2D eigenvalue weighted by atomic mass is 16.5. The van der Waals surface area contributed by atoms with E-state index in [-0.39, 0.29) is 11.2 Å². The van der Waals surface area contributed by atoms with Crippen molar-refractivity contribution < 1.29 is 14.3 Å². The third-order valence-corrected chi connectivity index (χ3v) is 10.5. The van der Waals surface area contributed by atoms with Crippen molar-refractivity contribution in [2.45, 2.75) is 56.5 Å². The number of nitrogens with zero attached hydrogens (tertiary/aromatic N) is 3. The zero-order chi connectivity index (χ0) is 26.9. The van der Waals surface area contributed by atoms with Crippen LogP contribution in [0.25, 0.3) is 6.08 Å². The van der Waals surface area contributed by atoms with Crippen molar-refractivity contribution in [3.8, 4) is 23.6 Å². The van der Waals surface area contributed by atoms with Gasteiger partial charge >= 0.3 is 0 Å². The van der Waals surface area contributed by atoms with E-state index < -0.39 is 23.4 Å². The fourth-order valence-corrected chi connectivity index (χ4v) is 9.44. The molecule has 0 spiro atoms. The molecule has 1 saturated heterocycles. The average molecular weight is 520 g/mol. The summed E-state index contributed by atoms with van der Waals surface area (Å²) in [6, 6.07) is 17.3. The van der Waals surface area contributed by atoms with Gasteiger partial charge in [-0.3, -0.25) is 4.79 Å². The first-order chi connectivity index (χ1) is 19.0. The van der Waals surface area contributed by atoms with Gasteiger partial charge in [0.25, 0.3) is 0 Å². The summed E-state index contributed by atoms with van der Waals surface area (Å²) in [6.07, 6.45) is 10.6. The van der Waals surface area contributed by atoms with E-state index in [2.05, 4.69) is 17.0 Å². The second kappa shape index (κ2) is 8.62. The minimum atomic E-state index is -1.47. The van der Waals surface area contributed by atoms with Crippen molar-refractivity contribution in [2.24, 2.45) is 28.6 Å². The molecule has 4 aliphatic carbocycles. The third kappa shape index (κ3) is 3.27. The van der Waals surface area contributed by atoms with Crippen molar-refractivity contribution in [3.05, 3.63) is 65.4 Å². The van der Waals surface area contributed by atoms with E-state index in [1.54, 1.807) is 14.2 Å². The molecule has 5 fully saturated rings. The van der Waals surface area contributed by atoms with Gasteiger partial charge in [0.2, 0.25) is 0 Å².